The van der Waals surface area contributed by atoms with Crippen molar-refractivity contribution in [3.8, 4) is 0 Å². The first-order valence-electron chi connectivity index (χ1n) is 8.17. The summed E-state index contributed by atoms with van der Waals surface area (Å²) in [5.41, 5.74) is 6.75. The van der Waals surface area contributed by atoms with Crippen molar-refractivity contribution >= 4 is 48.8 Å². The van der Waals surface area contributed by atoms with Crippen molar-refractivity contribution in [2.24, 2.45) is 5.73 Å². The molecule has 1 aliphatic heterocycles. The van der Waals surface area contributed by atoms with Gasteiger partial charge in [0.1, 0.15) is 0 Å². The number of carbonyl (C=O) groups excluding carboxylic acids is 1. The van der Waals surface area contributed by atoms with E-state index < -0.39 is 0 Å². The monoisotopic (exact) mass is 412 g/mol. The number of nitrogens with zero attached hydrogens (tertiary/aromatic N) is 3. The highest BCUT2D eigenvalue weighted by Crippen LogP contribution is 2.15. The molecule has 0 bridgehead atoms. The normalized spacial score (nSPS) is 13.9. The maximum Gasteiger partial charge on any atom is 0.222 e. The number of hydrogen-bond donors (Lipinski definition) is 1. The van der Waals surface area contributed by atoms with Gasteiger partial charge in [0, 0.05) is 58.4 Å². The largest absolute Gasteiger partial charge is 0.369 e. The summed E-state index contributed by atoms with van der Waals surface area (Å²) >= 11 is 0. The van der Waals surface area contributed by atoms with Crippen LogP contribution in [0.15, 0.2) is 30.3 Å². The van der Waals surface area contributed by atoms with E-state index in [2.05, 4.69) is 40.1 Å². The quantitative estimate of drug-likeness (QED) is 0.745. The van der Waals surface area contributed by atoms with Crippen LogP contribution >= 0.6 is 37.2 Å². The van der Waals surface area contributed by atoms with Gasteiger partial charge in [-0.3, -0.25) is 9.69 Å². The summed E-state index contributed by atoms with van der Waals surface area (Å²) in [5.74, 6) is 0.202. The molecule has 5 nitrogen and oxygen atoms in total. The van der Waals surface area contributed by atoms with Crippen molar-refractivity contribution in [1.29, 1.82) is 0 Å². The van der Waals surface area contributed by atoms with Crippen LogP contribution in [0.3, 0.4) is 0 Å². The van der Waals surface area contributed by atoms with Crippen LogP contribution < -0.4 is 10.6 Å². The number of benzene rings is 1. The lowest BCUT2D eigenvalue weighted by molar-refractivity contribution is -0.130. The molecule has 25 heavy (non-hydrogen) atoms. The fourth-order valence-corrected chi connectivity index (χ4v) is 2.73. The lowest BCUT2D eigenvalue weighted by Gasteiger charge is -2.36. The minimum atomic E-state index is 0. The molecule has 146 valence electrons. The van der Waals surface area contributed by atoms with Gasteiger partial charge in [0.15, 0.2) is 0 Å². The third-order valence-corrected chi connectivity index (χ3v) is 4.27. The molecule has 2 rings (SSSR count). The molecule has 1 amide bonds. The molecule has 0 radical (unpaired) electrons. The van der Waals surface area contributed by atoms with Crippen molar-refractivity contribution in [1.82, 2.24) is 9.80 Å². The summed E-state index contributed by atoms with van der Waals surface area (Å²) in [5, 5.41) is 0. The van der Waals surface area contributed by atoms with E-state index in [1.54, 1.807) is 0 Å². The molecular weight excluding hydrogens is 383 g/mol. The fraction of sp³-hybridized carbons (Fsp3) is 0.588. The van der Waals surface area contributed by atoms with Crippen molar-refractivity contribution in [3.05, 3.63) is 30.3 Å². The first-order valence-corrected chi connectivity index (χ1v) is 8.17. The highest BCUT2D eigenvalue weighted by molar-refractivity contribution is 5.86. The molecule has 0 aromatic heterocycles. The minimum Gasteiger partial charge on any atom is -0.369 e. The number of piperazine rings is 1. The molecule has 0 aliphatic carbocycles. The third-order valence-electron chi connectivity index (χ3n) is 4.27. The topological polar surface area (TPSA) is 52.8 Å². The first-order chi connectivity index (χ1) is 10.7. The second-order valence-corrected chi connectivity index (χ2v) is 5.87. The van der Waals surface area contributed by atoms with E-state index in [1.165, 1.54) is 5.69 Å². The molecule has 1 saturated heterocycles. The fourth-order valence-electron chi connectivity index (χ4n) is 2.73. The molecule has 2 N–H and O–H groups in total. The molecular formula is C17H31Cl3N4O. The molecule has 1 fully saturated rings. The average Bonchev–Trinajstić information content (AvgIpc) is 2.58. The van der Waals surface area contributed by atoms with Crippen LogP contribution in [0.25, 0.3) is 0 Å². The average molecular weight is 414 g/mol. The van der Waals surface area contributed by atoms with E-state index in [-0.39, 0.29) is 43.1 Å². The highest BCUT2D eigenvalue weighted by Gasteiger charge is 2.17. The molecule has 1 aliphatic rings. The predicted octanol–water partition coefficient (Wildman–Crippen LogP) is 2.27. The van der Waals surface area contributed by atoms with Gasteiger partial charge in [-0.2, -0.15) is 0 Å². The standard InChI is InChI=1S/C17H28N4O.3ClH/c1-19(17(22)8-5-9-18)10-11-20-12-14-21(15-13-20)16-6-3-2-4-7-16;;;/h2-4,6-7H,5,8-15,18H2,1H3;3*1H. The molecule has 1 aromatic carbocycles. The summed E-state index contributed by atoms with van der Waals surface area (Å²) in [7, 11) is 1.89. The van der Waals surface area contributed by atoms with Gasteiger partial charge in [0.25, 0.3) is 0 Å². The lowest BCUT2D eigenvalue weighted by Crippen LogP contribution is -2.48. The Kier molecular flexibility index (Phi) is 15.3. The maximum atomic E-state index is 11.9. The first kappa shape index (κ1) is 26.5. The number of amides is 1. The van der Waals surface area contributed by atoms with Gasteiger partial charge in [-0.1, -0.05) is 18.2 Å². The van der Waals surface area contributed by atoms with Crippen LogP contribution in [0.4, 0.5) is 5.69 Å². The molecule has 8 heteroatoms. The number of rotatable bonds is 7. The minimum absolute atomic E-state index is 0. The van der Waals surface area contributed by atoms with Gasteiger partial charge in [-0.15, -0.1) is 37.2 Å². The molecule has 0 saturated carbocycles. The number of halogens is 3. The zero-order valence-electron chi connectivity index (χ0n) is 14.8. The van der Waals surface area contributed by atoms with Crippen molar-refractivity contribution in [2.45, 2.75) is 12.8 Å². The van der Waals surface area contributed by atoms with Crippen molar-refractivity contribution < 1.29 is 4.79 Å². The zero-order chi connectivity index (χ0) is 15.8. The maximum absolute atomic E-state index is 11.9. The van der Waals surface area contributed by atoms with Gasteiger partial charge in [0.2, 0.25) is 5.91 Å². The predicted molar refractivity (Wildman–Crippen MR) is 113 cm³/mol. The second-order valence-electron chi connectivity index (χ2n) is 5.87. The Morgan fingerprint density at radius 1 is 1.08 bits per heavy atom. The van der Waals surface area contributed by atoms with Crippen LogP contribution in [0.5, 0.6) is 0 Å². The van der Waals surface area contributed by atoms with Crippen LogP contribution in [-0.4, -0.2) is 68.6 Å². The van der Waals surface area contributed by atoms with E-state index in [1.807, 2.05) is 11.9 Å². The van der Waals surface area contributed by atoms with Gasteiger partial charge >= 0.3 is 0 Å². The van der Waals surface area contributed by atoms with E-state index in [4.69, 9.17) is 5.73 Å². The van der Waals surface area contributed by atoms with Crippen molar-refractivity contribution in [3.63, 3.8) is 0 Å². The van der Waals surface area contributed by atoms with Crippen LogP contribution in [0, 0.1) is 0 Å². The summed E-state index contributed by atoms with van der Waals surface area (Å²) in [6.07, 6.45) is 1.34. The Morgan fingerprint density at radius 3 is 2.24 bits per heavy atom. The van der Waals surface area contributed by atoms with E-state index >= 15 is 0 Å². The second kappa shape index (κ2) is 14.4. The Hall–Kier alpha value is -0.720. The molecule has 1 heterocycles. The number of hydrogen-bond acceptors (Lipinski definition) is 4. The summed E-state index contributed by atoms with van der Waals surface area (Å²) in [4.78, 5) is 18.5. The Balaban J connectivity index is 0. The summed E-state index contributed by atoms with van der Waals surface area (Å²) in [6.45, 7) is 6.55. The summed E-state index contributed by atoms with van der Waals surface area (Å²) < 4.78 is 0. The van der Waals surface area contributed by atoms with Gasteiger partial charge in [0.05, 0.1) is 0 Å². The van der Waals surface area contributed by atoms with Crippen LogP contribution in [0.1, 0.15) is 12.8 Å². The van der Waals surface area contributed by atoms with Gasteiger partial charge < -0.3 is 15.5 Å². The zero-order valence-corrected chi connectivity index (χ0v) is 17.3. The highest BCUT2D eigenvalue weighted by atomic mass is 35.5. The smallest absolute Gasteiger partial charge is 0.222 e. The SMILES string of the molecule is CN(CCN1CCN(c2ccccc2)CC1)C(=O)CCCN.Cl.Cl.Cl. The molecule has 1 aromatic rings. The number of anilines is 1. The third kappa shape index (κ3) is 8.97. The number of para-hydroxylation sites is 1. The van der Waals surface area contributed by atoms with Gasteiger partial charge in [-0.25, -0.2) is 0 Å². The lowest BCUT2D eigenvalue weighted by atomic mass is 10.2. The van der Waals surface area contributed by atoms with Crippen LogP contribution in [0.2, 0.25) is 0 Å². The molecule has 0 atom stereocenters. The van der Waals surface area contributed by atoms with E-state index in [9.17, 15) is 4.79 Å². The Bertz CT molecular complexity index is 456. The molecule has 0 unspecified atom stereocenters. The number of carbonyl (C=O) groups is 1. The van der Waals surface area contributed by atoms with E-state index in [0.717, 1.165) is 45.7 Å². The Labute approximate surface area is 170 Å². The van der Waals surface area contributed by atoms with Crippen LogP contribution in [-0.2, 0) is 4.79 Å². The van der Waals surface area contributed by atoms with E-state index in [0.29, 0.717) is 13.0 Å². The number of likely N-dealkylation sites (N-methyl/N-ethyl adjacent to an activating group) is 1. The number of nitrogens with two attached hydrogens (primary N) is 1. The Morgan fingerprint density at radius 2 is 1.68 bits per heavy atom. The van der Waals surface area contributed by atoms with Crippen molar-refractivity contribution in [2.75, 3.05) is 57.8 Å². The van der Waals surface area contributed by atoms with Gasteiger partial charge in [-0.05, 0) is 25.1 Å². The summed E-state index contributed by atoms with van der Waals surface area (Å²) in [6, 6.07) is 10.6. The molecule has 0 spiro atoms.